The third-order valence-electron chi connectivity index (χ3n) is 5.14. The molecule has 31 heavy (non-hydrogen) atoms. The molecule has 0 radical (unpaired) electrons. The number of alkyl halides is 2. The van der Waals surface area contributed by atoms with Crippen LogP contribution in [0.4, 0.5) is 13.8 Å². The molecule has 4 rings (SSSR count). The normalized spacial score (nSPS) is 13.5. The number of rotatable bonds is 6. The lowest BCUT2D eigenvalue weighted by molar-refractivity contribution is 0.0505. The molecular formula is C21H22F2N4O3S. The van der Waals surface area contributed by atoms with Crippen LogP contribution in [0.15, 0.2) is 12.3 Å². The number of halogens is 2. The van der Waals surface area contributed by atoms with Gasteiger partial charge >= 0.3 is 5.97 Å². The van der Waals surface area contributed by atoms with Gasteiger partial charge in [0, 0.05) is 10.6 Å². The van der Waals surface area contributed by atoms with Gasteiger partial charge in [0.2, 0.25) is 0 Å². The smallest absolute Gasteiger partial charge is 0.341 e. The molecule has 7 nitrogen and oxygen atoms in total. The van der Waals surface area contributed by atoms with E-state index in [4.69, 9.17) is 4.74 Å². The fourth-order valence-electron chi connectivity index (χ4n) is 3.74. The average Bonchev–Trinajstić information content (AvgIpc) is 3.32. The zero-order valence-corrected chi connectivity index (χ0v) is 18.0. The van der Waals surface area contributed by atoms with Crippen molar-refractivity contribution in [3.8, 4) is 0 Å². The van der Waals surface area contributed by atoms with Gasteiger partial charge in [-0.05, 0) is 50.7 Å². The molecule has 0 saturated carbocycles. The number of hydrogen-bond acceptors (Lipinski definition) is 6. The molecule has 3 heterocycles. The van der Waals surface area contributed by atoms with Crippen LogP contribution in [0.3, 0.4) is 0 Å². The number of anilines is 1. The van der Waals surface area contributed by atoms with E-state index in [1.807, 2.05) is 6.92 Å². The summed E-state index contributed by atoms with van der Waals surface area (Å²) in [6, 6.07) is 1.24. The highest BCUT2D eigenvalue weighted by molar-refractivity contribution is 7.17. The Balaban J connectivity index is 1.71. The van der Waals surface area contributed by atoms with Crippen LogP contribution < -0.4 is 5.32 Å². The van der Waals surface area contributed by atoms with Crippen LogP contribution in [0.1, 0.15) is 75.2 Å². The Labute approximate surface area is 181 Å². The van der Waals surface area contributed by atoms with Gasteiger partial charge < -0.3 is 10.1 Å². The van der Waals surface area contributed by atoms with Gasteiger partial charge in [0.1, 0.15) is 16.3 Å². The summed E-state index contributed by atoms with van der Waals surface area (Å²) in [5, 5.41) is 7.13. The second-order valence-electron chi connectivity index (χ2n) is 7.42. The van der Waals surface area contributed by atoms with Crippen molar-refractivity contribution in [2.45, 2.75) is 52.4 Å². The highest BCUT2D eigenvalue weighted by Crippen LogP contribution is 2.39. The molecule has 3 aromatic heterocycles. The van der Waals surface area contributed by atoms with Crippen molar-refractivity contribution < 1.29 is 23.1 Å². The Morgan fingerprint density at radius 3 is 2.84 bits per heavy atom. The third kappa shape index (κ3) is 4.04. The lowest BCUT2D eigenvalue weighted by Gasteiger charge is -2.12. The van der Waals surface area contributed by atoms with E-state index in [2.05, 4.69) is 15.4 Å². The minimum absolute atomic E-state index is 0.0456. The molecule has 1 amide bonds. The van der Waals surface area contributed by atoms with E-state index in [1.54, 1.807) is 6.92 Å². The second kappa shape index (κ2) is 8.70. The van der Waals surface area contributed by atoms with Crippen LogP contribution in [0, 0.1) is 6.92 Å². The van der Waals surface area contributed by atoms with Crippen LogP contribution in [0.5, 0.6) is 0 Å². The van der Waals surface area contributed by atoms with Gasteiger partial charge in [-0.1, -0.05) is 6.92 Å². The fraction of sp³-hybridized carbons (Fsp3) is 0.429. The maximum Gasteiger partial charge on any atom is 0.341 e. The van der Waals surface area contributed by atoms with E-state index in [9.17, 15) is 18.4 Å². The summed E-state index contributed by atoms with van der Waals surface area (Å²) in [6.07, 6.45) is 2.75. The summed E-state index contributed by atoms with van der Waals surface area (Å²) < 4.78 is 33.1. The molecule has 1 N–H and O–H groups in total. The molecule has 0 atom stereocenters. The minimum Gasteiger partial charge on any atom is -0.462 e. The zero-order chi connectivity index (χ0) is 22.1. The lowest BCUT2D eigenvalue weighted by atomic mass is 9.95. The van der Waals surface area contributed by atoms with Crippen LogP contribution in [-0.4, -0.2) is 33.1 Å². The number of nitrogens with one attached hydrogen (secondary N) is 1. The van der Waals surface area contributed by atoms with E-state index < -0.39 is 18.3 Å². The number of aryl methyl sites for hydroxylation is 2. The van der Waals surface area contributed by atoms with Gasteiger partial charge in [-0.2, -0.15) is 5.10 Å². The standard InChI is InChI=1S/C21H22F2N4O3S/c1-3-8-30-21(29)16-12-6-4-5-7-15(12)31-20(16)26-19(28)13-10-24-27-14(17(22)23)9-11(2)25-18(13)27/h9-10,17H,3-8H2,1-2H3,(H,26,28). The maximum absolute atomic E-state index is 13.4. The summed E-state index contributed by atoms with van der Waals surface area (Å²) in [5.41, 5.74) is 1.45. The number of amides is 1. The van der Waals surface area contributed by atoms with Gasteiger partial charge in [0.25, 0.3) is 12.3 Å². The van der Waals surface area contributed by atoms with Crippen LogP contribution in [0.25, 0.3) is 5.65 Å². The van der Waals surface area contributed by atoms with Gasteiger partial charge in [-0.3, -0.25) is 4.79 Å². The molecule has 1 aliphatic carbocycles. The molecule has 0 unspecified atom stereocenters. The number of carbonyl (C=O) groups is 2. The number of thiophene rings is 1. The van der Waals surface area contributed by atoms with Gasteiger partial charge in [-0.25, -0.2) is 23.1 Å². The van der Waals surface area contributed by atoms with Gasteiger partial charge in [0.15, 0.2) is 5.65 Å². The summed E-state index contributed by atoms with van der Waals surface area (Å²) in [6.45, 7) is 3.78. The Bertz CT molecular complexity index is 1160. The zero-order valence-electron chi connectivity index (χ0n) is 17.2. The van der Waals surface area contributed by atoms with Crippen molar-refractivity contribution in [1.82, 2.24) is 14.6 Å². The predicted octanol–water partition coefficient (Wildman–Crippen LogP) is 4.73. The summed E-state index contributed by atoms with van der Waals surface area (Å²) in [7, 11) is 0. The number of fused-ring (bicyclic) bond motifs is 2. The topological polar surface area (TPSA) is 85.6 Å². The summed E-state index contributed by atoms with van der Waals surface area (Å²) in [4.78, 5) is 31.1. The molecule has 10 heteroatoms. The van der Waals surface area contributed by atoms with Crippen molar-refractivity contribution in [2.24, 2.45) is 0 Å². The lowest BCUT2D eigenvalue weighted by Crippen LogP contribution is -2.16. The predicted molar refractivity (Wildman–Crippen MR) is 112 cm³/mol. The summed E-state index contributed by atoms with van der Waals surface area (Å²) in [5.74, 6) is -1.01. The fourth-order valence-corrected chi connectivity index (χ4v) is 5.01. The van der Waals surface area contributed by atoms with Gasteiger partial charge in [0.05, 0.1) is 18.4 Å². The molecule has 3 aromatic rings. The Kier molecular flexibility index (Phi) is 5.99. The van der Waals surface area contributed by atoms with E-state index in [-0.39, 0.29) is 16.9 Å². The first kappa shape index (κ1) is 21.4. The Morgan fingerprint density at radius 1 is 1.32 bits per heavy atom. The maximum atomic E-state index is 13.4. The van der Waals surface area contributed by atoms with Crippen molar-refractivity contribution in [3.05, 3.63) is 45.2 Å². The molecule has 0 spiro atoms. The summed E-state index contributed by atoms with van der Waals surface area (Å²) >= 11 is 1.37. The van der Waals surface area contributed by atoms with E-state index in [0.717, 1.165) is 40.6 Å². The first-order chi connectivity index (χ1) is 14.9. The molecule has 0 saturated heterocycles. The highest BCUT2D eigenvalue weighted by atomic mass is 32.1. The van der Waals surface area contributed by atoms with Crippen LogP contribution in [-0.2, 0) is 17.6 Å². The first-order valence-electron chi connectivity index (χ1n) is 10.2. The molecule has 0 aromatic carbocycles. The first-order valence-corrected chi connectivity index (χ1v) is 11.0. The quantitative estimate of drug-likeness (QED) is 0.551. The Hall–Kier alpha value is -2.88. The second-order valence-corrected chi connectivity index (χ2v) is 8.53. The average molecular weight is 448 g/mol. The molecule has 0 aliphatic heterocycles. The molecule has 1 aliphatic rings. The van der Waals surface area contributed by atoms with E-state index in [1.165, 1.54) is 23.6 Å². The SMILES string of the molecule is CCCOC(=O)c1c(NC(=O)c2cnn3c(C(F)F)cc(C)nc23)sc2c1CCCC2. The third-order valence-corrected chi connectivity index (χ3v) is 6.34. The number of nitrogens with zero attached hydrogens (tertiary/aromatic N) is 3. The Morgan fingerprint density at radius 2 is 2.10 bits per heavy atom. The number of ether oxygens (including phenoxy) is 1. The van der Waals surface area contributed by atoms with Crippen molar-refractivity contribution in [1.29, 1.82) is 0 Å². The monoisotopic (exact) mass is 448 g/mol. The number of esters is 1. The van der Waals surface area contributed by atoms with Crippen molar-refractivity contribution in [2.75, 3.05) is 11.9 Å². The highest BCUT2D eigenvalue weighted by Gasteiger charge is 2.28. The molecular weight excluding hydrogens is 426 g/mol. The van der Waals surface area contributed by atoms with Crippen LogP contribution >= 0.6 is 11.3 Å². The van der Waals surface area contributed by atoms with E-state index in [0.29, 0.717) is 29.3 Å². The molecule has 0 bridgehead atoms. The van der Waals surface area contributed by atoms with Gasteiger partial charge in [-0.15, -0.1) is 11.3 Å². The van der Waals surface area contributed by atoms with Crippen molar-refractivity contribution >= 4 is 33.9 Å². The number of hydrogen-bond donors (Lipinski definition) is 1. The molecule has 0 fully saturated rings. The minimum atomic E-state index is -2.76. The van der Waals surface area contributed by atoms with Crippen LogP contribution in [0.2, 0.25) is 0 Å². The number of carbonyl (C=O) groups excluding carboxylic acids is 2. The van der Waals surface area contributed by atoms with E-state index >= 15 is 0 Å². The van der Waals surface area contributed by atoms with Crippen molar-refractivity contribution in [3.63, 3.8) is 0 Å². The number of aromatic nitrogens is 3. The largest absolute Gasteiger partial charge is 0.462 e. The molecule has 164 valence electrons.